The summed E-state index contributed by atoms with van der Waals surface area (Å²) in [5, 5.41) is 18.5. The van der Waals surface area contributed by atoms with E-state index in [2.05, 4.69) is 26.2 Å². The lowest BCUT2D eigenvalue weighted by Crippen LogP contribution is -2.27. The fourth-order valence-electron chi connectivity index (χ4n) is 2.94. The summed E-state index contributed by atoms with van der Waals surface area (Å²) >= 11 is 1.27. The summed E-state index contributed by atoms with van der Waals surface area (Å²) in [6, 6.07) is 9.68. The Hall–Kier alpha value is -3.07. The van der Waals surface area contributed by atoms with E-state index in [1.165, 1.54) is 11.3 Å². The van der Waals surface area contributed by atoms with Crippen molar-refractivity contribution in [1.29, 1.82) is 0 Å². The van der Waals surface area contributed by atoms with E-state index >= 15 is 0 Å². The van der Waals surface area contributed by atoms with Gasteiger partial charge in [-0.05, 0) is 54.0 Å². The summed E-state index contributed by atoms with van der Waals surface area (Å²) in [7, 11) is 0. The molecule has 0 unspecified atom stereocenters. The predicted octanol–water partition coefficient (Wildman–Crippen LogP) is 4.28. The molecule has 1 aromatic carbocycles. The zero-order chi connectivity index (χ0) is 21.5. The Kier molecular flexibility index (Phi) is 5.15. The fraction of sp³-hybridized carbons (Fsp3) is 0.381. The van der Waals surface area contributed by atoms with Gasteiger partial charge in [0, 0.05) is 16.7 Å². The number of anilines is 2. The van der Waals surface area contributed by atoms with Crippen LogP contribution in [-0.2, 0) is 4.79 Å². The Bertz CT molecular complexity index is 1110. The largest absolute Gasteiger partial charge is 0.321 e. The van der Waals surface area contributed by atoms with Crippen molar-refractivity contribution in [2.75, 3.05) is 10.6 Å². The lowest BCUT2D eigenvalue weighted by Gasteiger charge is -2.16. The number of hydrogen-bond acceptors (Lipinski definition) is 6. The quantitative estimate of drug-likeness (QED) is 0.636. The maximum Gasteiger partial charge on any atom is 0.266 e. The molecule has 2 amide bonds. The molecule has 0 spiro atoms. The molecule has 1 saturated carbocycles. The van der Waals surface area contributed by atoms with Gasteiger partial charge in [-0.1, -0.05) is 32.9 Å². The molecule has 2 N–H and O–H groups in total. The van der Waals surface area contributed by atoms with Gasteiger partial charge in [0.1, 0.15) is 0 Å². The molecule has 0 radical (unpaired) electrons. The van der Waals surface area contributed by atoms with Crippen molar-refractivity contribution in [2.24, 2.45) is 5.41 Å². The zero-order valence-corrected chi connectivity index (χ0v) is 18.2. The van der Waals surface area contributed by atoms with Gasteiger partial charge in [0.05, 0.1) is 15.9 Å². The van der Waals surface area contributed by atoms with Gasteiger partial charge in [-0.2, -0.15) is 0 Å². The molecule has 9 heteroatoms. The van der Waals surface area contributed by atoms with Crippen LogP contribution in [0.25, 0.3) is 11.4 Å². The number of nitrogens with one attached hydrogen (secondary N) is 2. The van der Waals surface area contributed by atoms with E-state index in [0.717, 1.165) is 24.0 Å². The van der Waals surface area contributed by atoms with Gasteiger partial charge >= 0.3 is 0 Å². The van der Waals surface area contributed by atoms with Crippen LogP contribution in [0.5, 0.6) is 0 Å². The van der Waals surface area contributed by atoms with E-state index in [0.29, 0.717) is 27.4 Å². The number of hydrogen-bond donors (Lipinski definition) is 2. The summed E-state index contributed by atoms with van der Waals surface area (Å²) < 4.78 is 1.84. The summed E-state index contributed by atoms with van der Waals surface area (Å²) in [6.45, 7) is 7.41. The maximum absolute atomic E-state index is 12.9. The summed E-state index contributed by atoms with van der Waals surface area (Å²) in [5.41, 5.74) is 1.83. The first kappa shape index (κ1) is 20.2. The Morgan fingerprint density at radius 1 is 1.17 bits per heavy atom. The first-order chi connectivity index (χ1) is 14.2. The summed E-state index contributed by atoms with van der Waals surface area (Å²) in [4.78, 5) is 25.6. The second kappa shape index (κ2) is 7.64. The molecule has 1 aliphatic carbocycles. The van der Waals surface area contributed by atoms with E-state index in [1.807, 2.05) is 62.7 Å². The number of amides is 2. The van der Waals surface area contributed by atoms with E-state index < -0.39 is 5.41 Å². The lowest BCUT2D eigenvalue weighted by molar-refractivity contribution is -0.123. The number of thiophene rings is 1. The molecule has 0 atom stereocenters. The van der Waals surface area contributed by atoms with E-state index in [1.54, 1.807) is 0 Å². The Labute approximate surface area is 178 Å². The molecule has 1 fully saturated rings. The van der Waals surface area contributed by atoms with Crippen LogP contribution in [0.4, 0.5) is 10.7 Å². The summed E-state index contributed by atoms with van der Waals surface area (Å²) in [5.74, 6) is 0.401. The van der Waals surface area contributed by atoms with E-state index in [9.17, 15) is 9.59 Å². The molecule has 30 heavy (non-hydrogen) atoms. The molecule has 156 valence electrons. The van der Waals surface area contributed by atoms with Crippen molar-refractivity contribution in [2.45, 2.75) is 46.6 Å². The van der Waals surface area contributed by atoms with E-state index in [4.69, 9.17) is 0 Å². The molecular formula is C21H24N6O2S. The SMILES string of the molecule is Cc1cc(NC(=O)C(C)(C)C)sc1C(=O)Nc1cccc(-c2nnnn2C2CC2)c1. The molecular weight excluding hydrogens is 400 g/mol. The zero-order valence-electron chi connectivity index (χ0n) is 17.4. The van der Waals surface area contributed by atoms with Crippen LogP contribution >= 0.6 is 11.3 Å². The van der Waals surface area contributed by atoms with Gasteiger partial charge < -0.3 is 10.6 Å². The topological polar surface area (TPSA) is 102 Å². The van der Waals surface area contributed by atoms with Gasteiger partial charge in [-0.3, -0.25) is 9.59 Å². The van der Waals surface area contributed by atoms with E-state index in [-0.39, 0.29) is 11.8 Å². The van der Waals surface area contributed by atoms with Crippen LogP contribution in [0.3, 0.4) is 0 Å². The van der Waals surface area contributed by atoms with Crippen molar-refractivity contribution >= 4 is 33.8 Å². The third-order valence-corrected chi connectivity index (χ3v) is 5.96. The molecule has 3 aromatic rings. The normalized spacial score (nSPS) is 13.9. The number of benzene rings is 1. The van der Waals surface area contributed by atoms with Gasteiger partial charge in [0.2, 0.25) is 5.91 Å². The molecule has 0 bridgehead atoms. The highest BCUT2D eigenvalue weighted by Gasteiger charge is 2.28. The van der Waals surface area contributed by atoms with Crippen LogP contribution in [0, 0.1) is 12.3 Å². The van der Waals surface area contributed by atoms with Crippen molar-refractivity contribution in [3.05, 3.63) is 40.8 Å². The third kappa shape index (κ3) is 4.25. The van der Waals surface area contributed by atoms with Crippen LogP contribution in [0.2, 0.25) is 0 Å². The number of aryl methyl sites for hydroxylation is 1. The standard InChI is InChI=1S/C21H24N6O2S/c1-12-10-16(23-20(29)21(2,3)4)30-17(12)19(28)22-14-7-5-6-13(11-14)18-24-25-26-27(18)15-8-9-15/h5-7,10-11,15H,8-9H2,1-4H3,(H,22,28)(H,23,29). The first-order valence-electron chi connectivity index (χ1n) is 9.84. The van der Waals surface area contributed by atoms with Crippen LogP contribution in [0.1, 0.15) is 54.9 Å². The molecule has 8 nitrogen and oxygen atoms in total. The van der Waals surface area contributed by atoms with Crippen molar-refractivity contribution in [3.8, 4) is 11.4 Å². The average Bonchev–Trinajstić information content (AvgIpc) is 3.28. The first-order valence-corrected chi connectivity index (χ1v) is 10.7. The highest BCUT2D eigenvalue weighted by Crippen LogP contribution is 2.37. The van der Waals surface area contributed by atoms with Crippen LogP contribution in [-0.4, -0.2) is 32.0 Å². The Morgan fingerprint density at radius 2 is 1.93 bits per heavy atom. The second-order valence-corrected chi connectivity index (χ2v) is 9.59. The Morgan fingerprint density at radius 3 is 2.63 bits per heavy atom. The number of carbonyl (C=O) groups excluding carboxylic acids is 2. The smallest absolute Gasteiger partial charge is 0.266 e. The van der Waals surface area contributed by atoms with Gasteiger partial charge in [-0.15, -0.1) is 16.4 Å². The number of carbonyl (C=O) groups is 2. The minimum atomic E-state index is -0.503. The number of nitrogens with zero attached hydrogens (tertiary/aromatic N) is 4. The van der Waals surface area contributed by atoms with Crippen LogP contribution < -0.4 is 10.6 Å². The highest BCUT2D eigenvalue weighted by atomic mass is 32.1. The number of tetrazole rings is 1. The summed E-state index contributed by atoms with van der Waals surface area (Å²) in [6.07, 6.45) is 2.17. The van der Waals surface area contributed by atoms with Gasteiger partial charge in [0.15, 0.2) is 5.82 Å². The molecule has 2 aromatic heterocycles. The molecule has 0 saturated heterocycles. The average molecular weight is 425 g/mol. The third-order valence-electron chi connectivity index (χ3n) is 4.81. The minimum Gasteiger partial charge on any atom is -0.321 e. The molecule has 2 heterocycles. The maximum atomic E-state index is 12.9. The molecule has 0 aliphatic heterocycles. The van der Waals surface area contributed by atoms with Crippen molar-refractivity contribution < 1.29 is 9.59 Å². The molecule has 1 aliphatic rings. The molecule has 4 rings (SSSR count). The number of aromatic nitrogens is 4. The minimum absolute atomic E-state index is 0.0863. The lowest BCUT2D eigenvalue weighted by atomic mass is 9.96. The number of rotatable bonds is 5. The fourth-order valence-corrected chi connectivity index (χ4v) is 3.90. The monoisotopic (exact) mass is 424 g/mol. The van der Waals surface area contributed by atoms with Gasteiger partial charge in [0.25, 0.3) is 5.91 Å². The Balaban J connectivity index is 1.51. The van der Waals surface area contributed by atoms with Crippen LogP contribution in [0.15, 0.2) is 30.3 Å². The van der Waals surface area contributed by atoms with Crippen molar-refractivity contribution in [3.63, 3.8) is 0 Å². The van der Waals surface area contributed by atoms with Gasteiger partial charge in [-0.25, -0.2) is 4.68 Å². The predicted molar refractivity (Wildman–Crippen MR) is 117 cm³/mol. The van der Waals surface area contributed by atoms with Crippen molar-refractivity contribution in [1.82, 2.24) is 20.2 Å². The second-order valence-electron chi connectivity index (χ2n) is 8.54. The highest BCUT2D eigenvalue weighted by molar-refractivity contribution is 7.18.